The summed E-state index contributed by atoms with van der Waals surface area (Å²) in [5, 5.41) is 18.6. The summed E-state index contributed by atoms with van der Waals surface area (Å²) in [5.74, 6) is 1.34. The molecule has 4 heteroatoms. The van der Waals surface area contributed by atoms with Crippen LogP contribution in [0.3, 0.4) is 0 Å². The molecule has 0 aliphatic heterocycles. The molecule has 0 aromatic heterocycles. The number of nitrogens with zero attached hydrogens (tertiary/aromatic N) is 2. The molecule has 1 atom stereocenters. The van der Waals surface area contributed by atoms with Crippen LogP contribution in [0, 0.1) is 28.1 Å². The predicted octanol–water partition coefficient (Wildman–Crippen LogP) is 3.63. The van der Waals surface area contributed by atoms with Gasteiger partial charge in [-0.2, -0.15) is 10.5 Å². The van der Waals surface area contributed by atoms with Crippen LogP contribution in [0.4, 0.5) is 0 Å². The van der Waals surface area contributed by atoms with Crippen molar-refractivity contribution in [1.29, 1.82) is 10.5 Å². The highest BCUT2D eigenvalue weighted by Gasteiger charge is 2.36. The Labute approximate surface area is 125 Å². The average molecular weight is 282 g/mol. The molecule has 0 saturated heterocycles. The third-order valence-electron chi connectivity index (χ3n) is 3.24. The maximum absolute atomic E-state index is 9.31. The molecule has 1 unspecified atom stereocenters. The Hall–Kier alpha value is -2.72. The fourth-order valence-corrected chi connectivity index (χ4v) is 1.88. The quantitative estimate of drug-likeness (QED) is 0.716. The Balaban J connectivity index is 2.89. The van der Waals surface area contributed by atoms with Crippen LogP contribution in [0.15, 0.2) is 49.1 Å². The number of benzene rings is 1. The normalized spacial score (nSPS) is 11.6. The summed E-state index contributed by atoms with van der Waals surface area (Å²) >= 11 is 0. The first-order chi connectivity index (χ1) is 10.0. The van der Waals surface area contributed by atoms with Crippen molar-refractivity contribution in [3.8, 4) is 23.6 Å². The van der Waals surface area contributed by atoms with Gasteiger partial charge < -0.3 is 9.47 Å². The molecule has 0 fully saturated rings. The van der Waals surface area contributed by atoms with Crippen molar-refractivity contribution < 1.29 is 9.47 Å². The predicted molar refractivity (Wildman–Crippen MR) is 80.7 cm³/mol. The van der Waals surface area contributed by atoms with Gasteiger partial charge in [0.1, 0.15) is 17.6 Å². The third kappa shape index (κ3) is 3.64. The van der Waals surface area contributed by atoms with Crippen LogP contribution in [0.1, 0.15) is 13.3 Å². The van der Waals surface area contributed by atoms with E-state index in [0.29, 0.717) is 11.3 Å². The lowest BCUT2D eigenvalue weighted by atomic mass is 9.78. The Kier molecular flexibility index (Phi) is 5.57. The monoisotopic (exact) mass is 282 g/mol. The molecular formula is C17H18N2O2. The SMILES string of the molecule is C=CCC(C#N)(C#N)C(=C)C(C)Oc1ccc(OC)cc1. The van der Waals surface area contributed by atoms with E-state index >= 15 is 0 Å². The second kappa shape index (κ2) is 7.17. The summed E-state index contributed by atoms with van der Waals surface area (Å²) in [4.78, 5) is 0. The highest BCUT2D eigenvalue weighted by molar-refractivity contribution is 5.36. The van der Waals surface area contributed by atoms with E-state index < -0.39 is 11.5 Å². The summed E-state index contributed by atoms with van der Waals surface area (Å²) in [5.41, 5.74) is -0.892. The summed E-state index contributed by atoms with van der Waals surface area (Å²) in [6.45, 7) is 9.23. The summed E-state index contributed by atoms with van der Waals surface area (Å²) < 4.78 is 10.8. The minimum Gasteiger partial charge on any atom is -0.497 e. The fraction of sp³-hybridized carbons (Fsp3) is 0.294. The van der Waals surface area contributed by atoms with Gasteiger partial charge in [0.2, 0.25) is 0 Å². The highest BCUT2D eigenvalue weighted by Crippen LogP contribution is 2.33. The molecule has 1 aromatic carbocycles. The van der Waals surface area contributed by atoms with E-state index in [0.717, 1.165) is 5.75 Å². The first-order valence-corrected chi connectivity index (χ1v) is 6.46. The zero-order chi connectivity index (χ0) is 15.9. The molecule has 0 aliphatic carbocycles. The molecule has 21 heavy (non-hydrogen) atoms. The third-order valence-corrected chi connectivity index (χ3v) is 3.24. The lowest BCUT2D eigenvalue weighted by Gasteiger charge is -2.25. The fourth-order valence-electron chi connectivity index (χ4n) is 1.88. The number of nitriles is 2. The summed E-state index contributed by atoms with van der Waals surface area (Å²) in [7, 11) is 1.59. The molecule has 0 radical (unpaired) electrons. The molecule has 1 aromatic rings. The Morgan fingerprint density at radius 2 is 1.81 bits per heavy atom. The Morgan fingerprint density at radius 1 is 1.29 bits per heavy atom. The number of hydrogen-bond acceptors (Lipinski definition) is 4. The van der Waals surface area contributed by atoms with Crippen molar-refractivity contribution in [2.75, 3.05) is 7.11 Å². The van der Waals surface area contributed by atoms with Gasteiger partial charge in [0.15, 0.2) is 5.41 Å². The molecule has 0 aliphatic rings. The molecular weight excluding hydrogens is 264 g/mol. The van der Waals surface area contributed by atoms with E-state index in [4.69, 9.17) is 9.47 Å². The van der Waals surface area contributed by atoms with E-state index in [9.17, 15) is 10.5 Å². The lowest BCUT2D eigenvalue weighted by molar-refractivity contribution is 0.239. The number of rotatable bonds is 7. The summed E-state index contributed by atoms with van der Waals surface area (Å²) in [6.07, 6.45) is 1.28. The van der Waals surface area contributed by atoms with Crippen LogP contribution in [0.25, 0.3) is 0 Å². The highest BCUT2D eigenvalue weighted by atomic mass is 16.5. The number of ether oxygens (including phenoxy) is 2. The Morgan fingerprint density at radius 3 is 2.24 bits per heavy atom. The van der Waals surface area contributed by atoms with Gasteiger partial charge in [0, 0.05) is 6.42 Å². The van der Waals surface area contributed by atoms with Gasteiger partial charge in [-0.25, -0.2) is 0 Å². The zero-order valence-electron chi connectivity index (χ0n) is 12.3. The number of allylic oxidation sites excluding steroid dienone is 1. The first-order valence-electron chi connectivity index (χ1n) is 6.46. The first kappa shape index (κ1) is 16.3. The smallest absolute Gasteiger partial charge is 0.171 e. The van der Waals surface area contributed by atoms with Crippen molar-refractivity contribution in [3.05, 3.63) is 49.1 Å². The topological polar surface area (TPSA) is 66.0 Å². The van der Waals surface area contributed by atoms with Crippen LogP contribution < -0.4 is 9.47 Å². The van der Waals surface area contributed by atoms with Crippen LogP contribution in [0.5, 0.6) is 11.5 Å². The van der Waals surface area contributed by atoms with Gasteiger partial charge in [-0.15, -0.1) is 6.58 Å². The average Bonchev–Trinajstić information content (AvgIpc) is 2.52. The molecule has 0 bridgehead atoms. The minimum absolute atomic E-state index is 0.217. The minimum atomic E-state index is -1.31. The second-order valence-electron chi connectivity index (χ2n) is 4.58. The van der Waals surface area contributed by atoms with Crippen molar-refractivity contribution in [2.45, 2.75) is 19.4 Å². The van der Waals surface area contributed by atoms with Gasteiger partial charge >= 0.3 is 0 Å². The standard InChI is InChI=1S/C17H18N2O2/c1-5-10-17(11-18,12-19)13(2)14(3)21-16-8-6-15(20-4)7-9-16/h5-9,14H,1-2,10H2,3-4H3. The van der Waals surface area contributed by atoms with Gasteiger partial charge in [-0.1, -0.05) is 12.7 Å². The van der Waals surface area contributed by atoms with Crippen molar-refractivity contribution >= 4 is 0 Å². The molecule has 0 amide bonds. The summed E-state index contributed by atoms with van der Waals surface area (Å²) in [6, 6.07) is 11.1. The van der Waals surface area contributed by atoms with E-state index in [1.165, 1.54) is 6.08 Å². The second-order valence-corrected chi connectivity index (χ2v) is 4.58. The molecule has 108 valence electrons. The van der Waals surface area contributed by atoms with Gasteiger partial charge in [0.25, 0.3) is 0 Å². The van der Waals surface area contributed by atoms with Gasteiger partial charge in [-0.3, -0.25) is 0 Å². The van der Waals surface area contributed by atoms with E-state index in [2.05, 4.69) is 13.2 Å². The van der Waals surface area contributed by atoms with E-state index in [1.807, 2.05) is 12.1 Å². The molecule has 1 rings (SSSR count). The number of methoxy groups -OCH3 is 1. The maximum Gasteiger partial charge on any atom is 0.171 e. The molecule has 4 nitrogen and oxygen atoms in total. The Bertz CT molecular complexity index is 577. The molecule has 0 spiro atoms. The van der Waals surface area contributed by atoms with Gasteiger partial charge in [-0.05, 0) is 36.8 Å². The van der Waals surface area contributed by atoms with Crippen LogP contribution in [-0.4, -0.2) is 13.2 Å². The van der Waals surface area contributed by atoms with Crippen molar-refractivity contribution in [3.63, 3.8) is 0 Å². The molecule has 0 heterocycles. The van der Waals surface area contributed by atoms with E-state index in [-0.39, 0.29) is 6.42 Å². The number of hydrogen-bond donors (Lipinski definition) is 0. The van der Waals surface area contributed by atoms with Crippen LogP contribution in [-0.2, 0) is 0 Å². The molecule has 0 N–H and O–H groups in total. The zero-order valence-corrected chi connectivity index (χ0v) is 12.3. The van der Waals surface area contributed by atoms with Crippen molar-refractivity contribution in [1.82, 2.24) is 0 Å². The van der Waals surface area contributed by atoms with E-state index in [1.54, 1.807) is 38.3 Å². The largest absolute Gasteiger partial charge is 0.497 e. The van der Waals surface area contributed by atoms with Gasteiger partial charge in [0.05, 0.1) is 19.2 Å². The lowest BCUT2D eigenvalue weighted by Crippen LogP contribution is -2.28. The van der Waals surface area contributed by atoms with Crippen molar-refractivity contribution in [2.24, 2.45) is 5.41 Å². The molecule has 0 saturated carbocycles. The maximum atomic E-state index is 9.31. The van der Waals surface area contributed by atoms with Crippen LogP contribution >= 0.6 is 0 Å². The van der Waals surface area contributed by atoms with Crippen LogP contribution in [0.2, 0.25) is 0 Å².